The van der Waals surface area contributed by atoms with Gasteiger partial charge in [-0.3, -0.25) is 0 Å². The molecule has 0 radical (unpaired) electrons. The number of aromatic hydroxyl groups is 2. The standard InChI is InChI=1S/C10H9ClO4/c1-4-2-5-7(12)3-6(11)9(13)8(5)10(14)15-4/h3-4,12-13H,2H2,1H3. The molecule has 1 aliphatic rings. The Hall–Kier alpha value is -1.42. The predicted octanol–water partition coefficient (Wildman–Crippen LogP) is 1.85. The van der Waals surface area contributed by atoms with E-state index in [1.54, 1.807) is 6.92 Å². The fourth-order valence-electron chi connectivity index (χ4n) is 1.66. The van der Waals surface area contributed by atoms with Crippen molar-refractivity contribution in [2.75, 3.05) is 0 Å². The topological polar surface area (TPSA) is 66.8 Å². The van der Waals surface area contributed by atoms with Gasteiger partial charge in [0.05, 0.1) is 5.02 Å². The second-order valence-electron chi connectivity index (χ2n) is 3.50. The largest absolute Gasteiger partial charge is 0.508 e. The van der Waals surface area contributed by atoms with Crippen molar-refractivity contribution in [2.24, 2.45) is 0 Å². The monoisotopic (exact) mass is 228 g/mol. The number of halogens is 1. The summed E-state index contributed by atoms with van der Waals surface area (Å²) >= 11 is 5.63. The van der Waals surface area contributed by atoms with Crippen molar-refractivity contribution < 1.29 is 19.7 Å². The first-order valence-corrected chi connectivity index (χ1v) is 4.82. The van der Waals surface area contributed by atoms with Gasteiger partial charge in [0, 0.05) is 18.1 Å². The van der Waals surface area contributed by atoms with Gasteiger partial charge in [0.15, 0.2) is 0 Å². The van der Waals surface area contributed by atoms with Crippen molar-refractivity contribution in [3.8, 4) is 11.5 Å². The lowest BCUT2D eigenvalue weighted by atomic mass is 9.97. The van der Waals surface area contributed by atoms with Gasteiger partial charge in [0.2, 0.25) is 0 Å². The molecule has 0 aliphatic carbocycles. The molecule has 80 valence electrons. The highest BCUT2D eigenvalue weighted by Crippen LogP contribution is 2.39. The maximum atomic E-state index is 11.5. The van der Waals surface area contributed by atoms with Crippen LogP contribution < -0.4 is 0 Å². The van der Waals surface area contributed by atoms with Gasteiger partial charge in [-0.1, -0.05) is 11.6 Å². The van der Waals surface area contributed by atoms with Crippen LogP contribution in [0.25, 0.3) is 0 Å². The molecular formula is C10H9ClO4. The highest BCUT2D eigenvalue weighted by molar-refractivity contribution is 6.32. The van der Waals surface area contributed by atoms with Gasteiger partial charge in [-0.15, -0.1) is 0 Å². The second kappa shape index (κ2) is 3.31. The molecule has 0 saturated carbocycles. The highest BCUT2D eigenvalue weighted by atomic mass is 35.5. The van der Waals surface area contributed by atoms with Gasteiger partial charge in [-0.25, -0.2) is 4.79 Å². The number of phenolic OH excluding ortho intramolecular Hbond substituents is 2. The number of phenols is 2. The maximum Gasteiger partial charge on any atom is 0.342 e. The lowest BCUT2D eigenvalue weighted by Gasteiger charge is -2.23. The van der Waals surface area contributed by atoms with Crippen molar-refractivity contribution in [2.45, 2.75) is 19.4 Å². The molecule has 0 aromatic heterocycles. The molecule has 0 spiro atoms. The van der Waals surface area contributed by atoms with Gasteiger partial charge >= 0.3 is 5.97 Å². The number of benzene rings is 1. The molecule has 1 aromatic carbocycles. The zero-order chi connectivity index (χ0) is 11.2. The molecule has 0 amide bonds. The minimum atomic E-state index is -0.654. The average Bonchev–Trinajstić information content (AvgIpc) is 2.13. The molecule has 1 aromatic rings. The number of cyclic esters (lactones) is 1. The number of carbonyl (C=O) groups excluding carboxylic acids is 1. The van der Waals surface area contributed by atoms with Crippen molar-refractivity contribution in [1.29, 1.82) is 0 Å². The van der Waals surface area contributed by atoms with E-state index in [4.69, 9.17) is 16.3 Å². The summed E-state index contributed by atoms with van der Waals surface area (Å²) in [5, 5.41) is 19.1. The zero-order valence-electron chi connectivity index (χ0n) is 7.95. The second-order valence-corrected chi connectivity index (χ2v) is 3.91. The van der Waals surface area contributed by atoms with Crippen LogP contribution in [0.2, 0.25) is 5.02 Å². The van der Waals surface area contributed by atoms with E-state index in [1.165, 1.54) is 6.07 Å². The SMILES string of the molecule is CC1Cc2c(O)cc(Cl)c(O)c2C(=O)O1. The number of hydrogen-bond acceptors (Lipinski definition) is 4. The first-order valence-electron chi connectivity index (χ1n) is 4.45. The highest BCUT2D eigenvalue weighted by Gasteiger charge is 2.30. The molecule has 2 rings (SSSR count). The Morgan fingerprint density at radius 1 is 1.53 bits per heavy atom. The minimum Gasteiger partial charge on any atom is -0.508 e. The number of esters is 1. The first kappa shape index (κ1) is 10.1. The molecule has 1 unspecified atom stereocenters. The number of hydrogen-bond donors (Lipinski definition) is 2. The van der Waals surface area contributed by atoms with Gasteiger partial charge < -0.3 is 14.9 Å². The summed E-state index contributed by atoms with van der Waals surface area (Å²) in [4.78, 5) is 11.5. The summed E-state index contributed by atoms with van der Waals surface area (Å²) in [6.45, 7) is 1.71. The normalized spacial score (nSPS) is 19.6. The van der Waals surface area contributed by atoms with E-state index < -0.39 is 5.97 Å². The van der Waals surface area contributed by atoms with Gasteiger partial charge in [0.1, 0.15) is 23.2 Å². The third-order valence-corrected chi connectivity index (χ3v) is 2.63. The molecule has 15 heavy (non-hydrogen) atoms. The van der Waals surface area contributed by atoms with Crippen LogP contribution in [-0.2, 0) is 11.2 Å². The fraction of sp³-hybridized carbons (Fsp3) is 0.300. The van der Waals surface area contributed by atoms with Gasteiger partial charge in [0.25, 0.3) is 0 Å². The van der Waals surface area contributed by atoms with E-state index in [9.17, 15) is 15.0 Å². The van der Waals surface area contributed by atoms with E-state index in [1.807, 2.05) is 0 Å². The summed E-state index contributed by atoms with van der Waals surface area (Å²) in [6, 6.07) is 1.22. The van der Waals surface area contributed by atoms with Crippen molar-refractivity contribution in [3.63, 3.8) is 0 Å². The first-order chi connectivity index (χ1) is 7.00. The molecule has 2 N–H and O–H groups in total. The number of ether oxygens (including phenoxy) is 1. The lowest BCUT2D eigenvalue weighted by Crippen LogP contribution is -2.25. The molecule has 0 bridgehead atoms. The van der Waals surface area contributed by atoms with Crippen LogP contribution in [0.15, 0.2) is 6.07 Å². The van der Waals surface area contributed by atoms with Crippen molar-refractivity contribution >= 4 is 17.6 Å². The lowest BCUT2D eigenvalue weighted by molar-refractivity contribution is 0.0294. The van der Waals surface area contributed by atoms with Crippen LogP contribution in [0, 0.1) is 0 Å². The van der Waals surface area contributed by atoms with Crippen LogP contribution in [0.1, 0.15) is 22.8 Å². The zero-order valence-corrected chi connectivity index (χ0v) is 8.71. The Bertz CT molecular complexity index is 442. The van der Waals surface area contributed by atoms with Crippen molar-refractivity contribution in [3.05, 3.63) is 22.2 Å². The van der Waals surface area contributed by atoms with E-state index in [0.29, 0.717) is 12.0 Å². The maximum absolute atomic E-state index is 11.5. The summed E-state index contributed by atoms with van der Waals surface area (Å²) in [5.41, 5.74) is 0.360. The fourth-order valence-corrected chi connectivity index (χ4v) is 1.86. The van der Waals surface area contributed by atoms with Crippen LogP contribution in [0.4, 0.5) is 0 Å². The Kier molecular flexibility index (Phi) is 2.23. The predicted molar refractivity (Wildman–Crippen MR) is 53.4 cm³/mol. The molecular weight excluding hydrogens is 220 g/mol. The minimum absolute atomic E-state index is 0.0295. The molecule has 1 atom stereocenters. The third kappa shape index (κ3) is 1.51. The molecule has 0 fully saturated rings. The smallest absolute Gasteiger partial charge is 0.342 e. The van der Waals surface area contributed by atoms with Crippen molar-refractivity contribution in [1.82, 2.24) is 0 Å². The number of rotatable bonds is 0. The van der Waals surface area contributed by atoms with Crippen LogP contribution >= 0.6 is 11.6 Å². The summed E-state index contributed by atoms with van der Waals surface area (Å²) in [7, 11) is 0. The number of carbonyl (C=O) groups is 1. The van der Waals surface area contributed by atoms with Gasteiger partial charge in [-0.05, 0) is 6.92 Å². The molecule has 4 nitrogen and oxygen atoms in total. The van der Waals surface area contributed by atoms with E-state index in [-0.39, 0.29) is 28.2 Å². The Morgan fingerprint density at radius 2 is 2.20 bits per heavy atom. The molecule has 1 heterocycles. The molecule has 0 saturated heterocycles. The number of fused-ring (bicyclic) bond motifs is 1. The molecule has 5 heteroatoms. The van der Waals surface area contributed by atoms with E-state index >= 15 is 0 Å². The molecule has 1 aliphatic heterocycles. The van der Waals surface area contributed by atoms with E-state index in [2.05, 4.69) is 0 Å². The Labute approximate surface area is 91.1 Å². The summed E-state index contributed by atoms with van der Waals surface area (Å²) < 4.78 is 4.93. The average molecular weight is 229 g/mol. The summed E-state index contributed by atoms with van der Waals surface area (Å²) in [6.07, 6.45) is 0.0638. The van der Waals surface area contributed by atoms with Crippen LogP contribution in [-0.4, -0.2) is 22.3 Å². The van der Waals surface area contributed by atoms with Crippen LogP contribution in [0.5, 0.6) is 11.5 Å². The van der Waals surface area contributed by atoms with E-state index in [0.717, 1.165) is 0 Å². The Balaban J connectivity index is 2.69. The Morgan fingerprint density at radius 3 is 2.87 bits per heavy atom. The quantitative estimate of drug-likeness (QED) is 0.525. The third-order valence-electron chi connectivity index (χ3n) is 2.34. The van der Waals surface area contributed by atoms with Gasteiger partial charge in [-0.2, -0.15) is 0 Å². The van der Waals surface area contributed by atoms with Crippen LogP contribution in [0.3, 0.4) is 0 Å². The summed E-state index contributed by atoms with van der Waals surface area (Å²) in [5.74, 6) is -1.07.